The van der Waals surface area contributed by atoms with Crippen molar-refractivity contribution in [3.05, 3.63) is 12.7 Å². The van der Waals surface area contributed by atoms with Crippen LogP contribution in [0.2, 0.25) is 0 Å². The fourth-order valence-corrected chi connectivity index (χ4v) is 0.854. The van der Waals surface area contributed by atoms with Gasteiger partial charge in [0.15, 0.2) is 0 Å². The van der Waals surface area contributed by atoms with Gasteiger partial charge in [0.05, 0.1) is 5.60 Å². The fourth-order valence-electron chi connectivity index (χ4n) is 0.854. The average molecular weight is 171 g/mol. The van der Waals surface area contributed by atoms with E-state index in [1.165, 1.54) is 0 Å². The van der Waals surface area contributed by atoms with Gasteiger partial charge in [-0.05, 0) is 32.7 Å². The second kappa shape index (κ2) is 6.21. The molecule has 0 fully saturated rings. The number of unbranched alkanes of at least 4 members (excludes halogenated alkanes) is 1. The summed E-state index contributed by atoms with van der Waals surface area (Å²) in [6.07, 6.45) is 4.85. The molecule has 2 heteroatoms. The Bertz CT molecular complexity index is 121. The van der Waals surface area contributed by atoms with E-state index in [0.29, 0.717) is 6.54 Å². The molecule has 0 spiro atoms. The summed E-state index contributed by atoms with van der Waals surface area (Å²) in [4.78, 5) is 0. The maximum atomic E-state index is 9.60. The second-order valence-corrected chi connectivity index (χ2v) is 3.46. The lowest BCUT2D eigenvalue weighted by atomic mass is 10.0. The van der Waals surface area contributed by atoms with Gasteiger partial charge in [0.25, 0.3) is 0 Å². The minimum atomic E-state index is -0.547. The smallest absolute Gasteiger partial charge is 0.0740 e. The summed E-state index contributed by atoms with van der Waals surface area (Å²) in [6, 6.07) is 0. The lowest BCUT2D eigenvalue weighted by Crippen LogP contribution is -2.37. The van der Waals surface area contributed by atoms with Gasteiger partial charge in [-0.2, -0.15) is 0 Å². The van der Waals surface area contributed by atoms with Crippen LogP contribution in [0.1, 0.15) is 33.1 Å². The third kappa shape index (κ3) is 6.38. The Morgan fingerprint density at radius 3 is 2.75 bits per heavy atom. The highest BCUT2D eigenvalue weighted by atomic mass is 16.3. The van der Waals surface area contributed by atoms with Crippen molar-refractivity contribution >= 4 is 0 Å². The molecule has 1 atom stereocenters. The molecule has 0 radical (unpaired) electrons. The van der Waals surface area contributed by atoms with Gasteiger partial charge in [-0.1, -0.05) is 13.0 Å². The number of nitrogens with one attached hydrogen (secondary N) is 1. The number of hydrogen-bond acceptors (Lipinski definition) is 2. The van der Waals surface area contributed by atoms with Crippen LogP contribution in [0.5, 0.6) is 0 Å². The number of aliphatic hydroxyl groups is 1. The van der Waals surface area contributed by atoms with Crippen LogP contribution >= 0.6 is 0 Å². The molecule has 12 heavy (non-hydrogen) atoms. The SMILES string of the molecule is C=CCCCNCC(C)(O)CC. The molecule has 0 aromatic rings. The molecule has 0 bridgehead atoms. The maximum absolute atomic E-state index is 9.60. The Hall–Kier alpha value is -0.340. The molecule has 0 heterocycles. The molecule has 0 aliphatic carbocycles. The quantitative estimate of drug-likeness (QED) is 0.451. The summed E-state index contributed by atoms with van der Waals surface area (Å²) in [7, 11) is 0. The normalized spacial score (nSPS) is 15.6. The third-order valence-corrected chi connectivity index (χ3v) is 2.03. The van der Waals surface area contributed by atoms with Crippen LogP contribution < -0.4 is 5.32 Å². The Labute approximate surface area is 75.7 Å². The zero-order valence-corrected chi connectivity index (χ0v) is 8.27. The highest BCUT2D eigenvalue weighted by Crippen LogP contribution is 2.05. The Balaban J connectivity index is 3.24. The van der Waals surface area contributed by atoms with Crippen LogP contribution in [-0.4, -0.2) is 23.8 Å². The van der Waals surface area contributed by atoms with E-state index in [0.717, 1.165) is 25.8 Å². The van der Waals surface area contributed by atoms with Gasteiger partial charge in [0.1, 0.15) is 0 Å². The molecule has 0 rings (SSSR count). The van der Waals surface area contributed by atoms with Crippen LogP contribution in [-0.2, 0) is 0 Å². The van der Waals surface area contributed by atoms with E-state index in [4.69, 9.17) is 0 Å². The maximum Gasteiger partial charge on any atom is 0.0740 e. The van der Waals surface area contributed by atoms with Gasteiger partial charge in [-0.15, -0.1) is 6.58 Å². The predicted molar refractivity (Wildman–Crippen MR) is 53.2 cm³/mol. The Kier molecular flexibility index (Phi) is 6.03. The first-order valence-electron chi connectivity index (χ1n) is 4.66. The Morgan fingerprint density at radius 2 is 2.25 bits per heavy atom. The van der Waals surface area contributed by atoms with E-state index in [-0.39, 0.29) is 0 Å². The van der Waals surface area contributed by atoms with Gasteiger partial charge in [-0.25, -0.2) is 0 Å². The lowest BCUT2D eigenvalue weighted by Gasteiger charge is -2.21. The fraction of sp³-hybridized carbons (Fsp3) is 0.800. The number of rotatable bonds is 7. The van der Waals surface area contributed by atoms with Gasteiger partial charge >= 0.3 is 0 Å². The van der Waals surface area contributed by atoms with E-state index in [9.17, 15) is 5.11 Å². The first kappa shape index (κ1) is 11.7. The van der Waals surface area contributed by atoms with Crippen LogP contribution in [0, 0.1) is 0 Å². The number of allylic oxidation sites excluding steroid dienone is 1. The molecule has 2 nitrogen and oxygen atoms in total. The van der Waals surface area contributed by atoms with Crippen molar-refractivity contribution in [2.24, 2.45) is 0 Å². The lowest BCUT2D eigenvalue weighted by molar-refractivity contribution is 0.0560. The van der Waals surface area contributed by atoms with Crippen molar-refractivity contribution in [3.8, 4) is 0 Å². The predicted octanol–water partition coefficient (Wildman–Crippen LogP) is 1.70. The van der Waals surface area contributed by atoms with Crippen molar-refractivity contribution in [3.63, 3.8) is 0 Å². The van der Waals surface area contributed by atoms with Gasteiger partial charge in [0, 0.05) is 6.54 Å². The third-order valence-electron chi connectivity index (χ3n) is 2.03. The molecule has 1 unspecified atom stereocenters. The standard InChI is InChI=1S/C10H21NO/c1-4-6-7-8-11-9-10(3,12)5-2/h4,11-12H,1,5-9H2,2-3H3. The molecule has 2 N–H and O–H groups in total. The molecule has 0 aromatic heterocycles. The first-order chi connectivity index (χ1) is 5.62. The minimum absolute atomic E-state index is 0.547. The summed E-state index contributed by atoms with van der Waals surface area (Å²) < 4.78 is 0. The van der Waals surface area contributed by atoms with E-state index >= 15 is 0 Å². The van der Waals surface area contributed by atoms with Gasteiger partial charge < -0.3 is 10.4 Å². The summed E-state index contributed by atoms with van der Waals surface area (Å²) >= 11 is 0. The molecule has 0 aliphatic heterocycles. The van der Waals surface area contributed by atoms with Crippen molar-refractivity contribution in [2.45, 2.75) is 38.7 Å². The molecule has 0 saturated heterocycles. The van der Waals surface area contributed by atoms with Crippen LogP contribution in [0.4, 0.5) is 0 Å². The monoisotopic (exact) mass is 171 g/mol. The van der Waals surface area contributed by atoms with E-state index < -0.39 is 5.60 Å². The van der Waals surface area contributed by atoms with E-state index in [2.05, 4.69) is 11.9 Å². The Morgan fingerprint density at radius 1 is 1.58 bits per heavy atom. The topological polar surface area (TPSA) is 32.3 Å². The number of hydrogen-bond donors (Lipinski definition) is 2. The highest BCUT2D eigenvalue weighted by Gasteiger charge is 2.15. The van der Waals surface area contributed by atoms with Crippen LogP contribution in [0.25, 0.3) is 0 Å². The van der Waals surface area contributed by atoms with E-state index in [1.807, 2.05) is 19.9 Å². The van der Waals surface area contributed by atoms with Crippen molar-refractivity contribution < 1.29 is 5.11 Å². The molecule has 0 aliphatic rings. The second-order valence-electron chi connectivity index (χ2n) is 3.46. The molecular weight excluding hydrogens is 150 g/mol. The molecule has 0 saturated carbocycles. The average Bonchev–Trinajstić information content (AvgIpc) is 2.04. The summed E-state index contributed by atoms with van der Waals surface area (Å²) in [5.41, 5.74) is -0.547. The summed E-state index contributed by atoms with van der Waals surface area (Å²) in [5, 5.41) is 12.8. The van der Waals surface area contributed by atoms with Crippen LogP contribution in [0.3, 0.4) is 0 Å². The van der Waals surface area contributed by atoms with Gasteiger partial charge in [-0.3, -0.25) is 0 Å². The van der Waals surface area contributed by atoms with E-state index in [1.54, 1.807) is 0 Å². The van der Waals surface area contributed by atoms with Crippen molar-refractivity contribution in [1.82, 2.24) is 5.32 Å². The van der Waals surface area contributed by atoms with Crippen molar-refractivity contribution in [1.29, 1.82) is 0 Å². The van der Waals surface area contributed by atoms with Crippen LogP contribution in [0.15, 0.2) is 12.7 Å². The molecule has 0 amide bonds. The van der Waals surface area contributed by atoms with Gasteiger partial charge in [0.2, 0.25) is 0 Å². The molecule has 0 aromatic carbocycles. The summed E-state index contributed by atoms with van der Waals surface area (Å²) in [5.74, 6) is 0. The molecule has 72 valence electrons. The zero-order chi connectivity index (χ0) is 9.45. The zero-order valence-electron chi connectivity index (χ0n) is 8.27. The molecular formula is C10H21NO. The first-order valence-corrected chi connectivity index (χ1v) is 4.66. The highest BCUT2D eigenvalue weighted by molar-refractivity contribution is 4.73. The minimum Gasteiger partial charge on any atom is -0.389 e. The summed E-state index contributed by atoms with van der Waals surface area (Å²) in [6.45, 7) is 9.13. The largest absolute Gasteiger partial charge is 0.389 e. The van der Waals surface area contributed by atoms with Crippen molar-refractivity contribution in [2.75, 3.05) is 13.1 Å².